The summed E-state index contributed by atoms with van der Waals surface area (Å²) in [6.07, 6.45) is 6.36. The van der Waals surface area contributed by atoms with E-state index in [1.165, 1.54) is 12.8 Å². The van der Waals surface area contributed by atoms with E-state index in [9.17, 15) is 0 Å². The maximum atomic E-state index is 5.86. The minimum Gasteiger partial charge on any atom is -0.328 e. The van der Waals surface area contributed by atoms with Crippen molar-refractivity contribution in [3.05, 3.63) is 12.2 Å². The summed E-state index contributed by atoms with van der Waals surface area (Å²) in [6.45, 7) is 0.802. The Morgan fingerprint density at radius 2 is 2.20 bits per heavy atom. The van der Waals surface area contributed by atoms with E-state index in [0.29, 0.717) is 12.1 Å². The van der Waals surface area contributed by atoms with Gasteiger partial charge in [-0.3, -0.25) is 0 Å². The molecular weight excluding hydrogens is 190 g/mol. The molecule has 2 rings (SSSR count). The van der Waals surface area contributed by atoms with Crippen LogP contribution in [0.2, 0.25) is 0 Å². The van der Waals surface area contributed by atoms with Gasteiger partial charge in [0, 0.05) is 19.1 Å². The predicted octanol–water partition coefficient (Wildman–Crippen LogP) is 0.175. The number of aromatic nitrogens is 3. The highest BCUT2D eigenvalue weighted by molar-refractivity contribution is 4.86. The molecule has 0 radical (unpaired) electrons. The van der Waals surface area contributed by atoms with Gasteiger partial charge in [-0.25, -0.2) is 0 Å². The van der Waals surface area contributed by atoms with Gasteiger partial charge in [0.2, 0.25) is 0 Å². The minimum absolute atomic E-state index is 0.415. The van der Waals surface area contributed by atoms with Crippen LogP contribution in [0.5, 0.6) is 0 Å². The molecule has 0 bridgehead atoms. The quantitative estimate of drug-likeness (QED) is 0.745. The largest absolute Gasteiger partial charge is 0.328 e. The van der Waals surface area contributed by atoms with Crippen molar-refractivity contribution in [3.8, 4) is 0 Å². The van der Waals surface area contributed by atoms with Crippen LogP contribution in [-0.4, -0.2) is 26.8 Å². The van der Waals surface area contributed by atoms with Crippen molar-refractivity contribution in [1.82, 2.24) is 20.1 Å². The molecule has 0 spiro atoms. The van der Waals surface area contributed by atoms with Crippen molar-refractivity contribution in [2.24, 2.45) is 12.8 Å². The Morgan fingerprint density at radius 3 is 2.80 bits per heavy atom. The standard InChI is InChI=1S/C10H19N5/c1-15-7-13-14-10(15)6-12-9-4-2-8(11)3-5-9/h7-9,12H,2-6,11H2,1H3. The van der Waals surface area contributed by atoms with Crippen molar-refractivity contribution in [2.75, 3.05) is 0 Å². The molecule has 1 aliphatic carbocycles. The van der Waals surface area contributed by atoms with Crippen LogP contribution >= 0.6 is 0 Å². The van der Waals surface area contributed by atoms with Crippen LogP contribution < -0.4 is 11.1 Å². The highest BCUT2D eigenvalue weighted by Gasteiger charge is 2.18. The highest BCUT2D eigenvalue weighted by Crippen LogP contribution is 2.17. The van der Waals surface area contributed by atoms with Crippen molar-refractivity contribution >= 4 is 0 Å². The second-order valence-corrected chi connectivity index (χ2v) is 4.35. The Kier molecular flexibility index (Phi) is 3.33. The van der Waals surface area contributed by atoms with Crippen molar-refractivity contribution in [2.45, 2.75) is 44.3 Å². The van der Waals surface area contributed by atoms with Crippen molar-refractivity contribution in [1.29, 1.82) is 0 Å². The third-order valence-electron chi connectivity index (χ3n) is 3.13. The van der Waals surface area contributed by atoms with Crippen LogP contribution in [0, 0.1) is 0 Å². The average Bonchev–Trinajstić information content (AvgIpc) is 2.63. The summed E-state index contributed by atoms with van der Waals surface area (Å²) in [5.41, 5.74) is 5.86. The van der Waals surface area contributed by atoms with Gasteiger partial charge in [-0.1, -0.05) is 0 Å². The Morgan fingerprint density at radius 1 is 1.47 bits per heavy atom. The molecule has 0 amide bonds. The fourth-order valence-electron chi connectivity index (χ4n) is 2.03. The first kappa shape index (κ1) is 10.6. The molecular formula is C10H19N5. The van der Waals surface area contributed by atoms with Gasteiger partial charge in [-0.15, -0.1) is 10.2 Å². The van der Waals surface area contributed by atoms with E-state index in [1.54, 1.807) is 6.33 Å². The summed E-state index contributed by atoms with van der Waals surface area (Å²) >= 11 is 0. The zero-order valence-electron chi connectivity index (χ0n) is 9.19. The van der Waals surface area contributed by atoms with E-state index in [0.717, 1.165) is 25.2 Å². The number of rotatable bonds is 3. The summed E-state index contributed by atoms with van der Waals surface area (Å²) in [4.78, 5) is 0. The molecule has 84 valence electrons. The summed E-state index contributed by atoms with van der Waals surface area (Å²) in [5, 5.41) is 11.4. The van der Waals surface area contributed by atoms with E-state index in [1.807, 2.05) is 11.6 Å². The first-order chi connectivity index (χ1) is 7.25. The van der Waals surface area contributed by atoms with E-state index in [4.69, 9.17) is 5.73 Å². The van der Waals surface area contributed by atoms with Gasteiger partial charge in [0.05, 0.1) is 6.54 Å². The molecule has 1 saturated carbocycles. The molecule has 0 saturated heterocycles. The number of nitrogens with two attached hydrogens (primary N) is 1. The molecule has 0 aliphatic heterocycles. The number of nitrogens with one attached hydrogen (secondary N) is 1. The van der Waals surface area contributed by atoms with Gasteiger partial charge < -0.3 is 15.6 Å². The molecule has 5 heteroatoms. The molecule has 1 aromatic rings. The first-order valence-electron chi connectivity index (χ1n) is 5.57. The highest BCUT2D eigenvalue weighted by atomic mass is 15.3. The third kappa shape index (κ3) is 2.76. The van der Waals surface area contributed by atoms with Crippen LogP contribution in [0.25, 0.3) is 0 Å². The van der Waals surface area contributed by atoms with E-state index in [2.05, 4.69) is 15.5 Å². The summed E-state index contributed by atoms with van der Waals surface area (Å²) in [7, 11) is 1.97. The monoisotopic (exact) mass is 209 g/mol. The molecule has 0 atom stereocenters. The smallest absolute Gasteiger partial charge is 0.146 e. The normalized spacial score (nSPS) is 26.8. The zero-order valence-corrected chi connectivity index (χ0v) is 9.19. The molecule has 1 aliphatic rings. The lowest BCUT2D eigenvalue weighted by atomic mass is 9.92. The lowest BCUT2D eigenvalue weighted by Crippen LogP contribution is -2.37. The summed E-state index contributed by atoms with van der Waals surface area (Å²) in [5.74, 6) is 0.991. The average molecular weight is 209 g/mol. The van der Waals surface area contributed by atoms with Gasteiger partial charge in [-0.05, 0) is 25.7 Å². The zero-order chi connectivity index (χ0) is 10.7. The first-order valence-corrected chi connectivity index (χ1v) is 5.57. The second-order valence-electron chi connectivity index (χ2n) is 4.35. The molecule has 15 heavy (non-hydrogen) atoms. The second kappa shape index (κ2) is 4.72. The van der Waals surface area contributed by atoms with Crippen LogP contribution in [0.15, 0.2) is 6.33 Å². The lowest BCUT2D eigenvalue weighted by molar-refractivity contribution is 0.338. The fraction of sp³-hybridized carbons (Fsp3) is 0.800. The van der Waals surface area contributed by atoms with Crippen LogP contribution in [0.1, 0.15) is 31.5 Å². The minimum atomic E-state index is 0.415. The van der Waals surface area contributed by atoms with E-state index < -0.39 is 0 Å². The van der Waals surface area contributed by atoms with Gasteiger partial charge in [0.15, 0.2) is 0 Å². The Balaban J connectivity index is 1.77. The molecule has 3 N–H and O–H groups in total. The molecule has 0 unspecified atom stereocenters. The number of hydrogen-bond acceptors (Lipinski definition) is 4. The van der Waals surface area contributed by atoms with Crippen molar-refractivity contribution < 1.29 is 0 Å². The SMILES string of the molecule is Cn1cnnc1CNC1CCC(N)CC1. The van der Waals surface area contributed by atoms with Gasteiger partial charge in [0.1, 0.15) is 12.2 Å². The topological polar surface area (TPSA) is 68.8 Å². The predicted molar refractivity (Wildman–Crippen MR) is 58.1 cm³/mol. The van der Waals surface area contributed by atoms with Crippen LogP contribution in [0.3, 0.4) is 0 Å². The van der Waals surface area contributed by atoms with Gasteiger partial charge in [0.25, 0.3) is 0 Å². The number of aryl methyl sites for hydroxylation is 1. The Hall–Kier alpha value is -0.940. The van der Waals surface area contributed by atoms with Crippen molar-refractivity contribution in [3.63, 3.8) is 0 Å². The Bertz CT molecular complexity index is 301. The summed E-state index contributed by atoms with van der Waals surface area (Å²) in [6, 6.07) is 1.01. The maximum Gasteiger partial charge on any atom is 0.146 e. The van der Waals surface area contributed by atoms with E-state index in [-0.39, 0.29) is 0 Å². The van der Waals surface area contributed by atoms with E-state index >= 15 is 0 Å². The Labute approximate surface area is 90.1 Å². The molecule has 1 heterocycles. The number of hydrogen-bond donors (Lipinski definition) is 2. The molecule has 5 nitrogen and oxygen atoms in total. The van der Waals surface area contributed by atoms with Gasteiger partial charge in [-0.2, -0.15) is 0 Å². The molecule has 1 fully saturated rings. The third-order valence-corrected chi connectivity index (χ3v) is 3.13. The molecule has 0 aromatic carbocycles. The maximum absolute atomic E-state index is 5.86. The van der Waals surface area contributed by atoms with Crippen LogP contribution in [0.4, 0.5) is 0 Å². The molecule has 1 aromatic heterocycles. The summed E-state index contributed by atoms with van der Waals surface area (Å²) < 4.78 is 1.95. The lowest BCUT2D eigenvalue weighted by Gasteiger charge is -2.26. The number of nitrogens with zero attached hydrogens (tertiary/aromatic N) is 3. The van der Waals surface area contributed by atoms with Crippen LogP contribution in [-0.2, 0) is 13.6 Å². The fourth-order valence-corrected chi connectivity index (χ4v) is 2.03. The van der Waals surface area contributed by atoms with Gasteiger partial charge >= 0.3 is 0 Å².